The highest BCUT2D eigenvalue weighted by atomic mass is 19.1. The van der Waals surface area contributed by atoms with E-state index in [0.717, 1.165) is 33.5 Å². The maximum Gasteiger partial charge on any atom is 0.123 e. The number of hydrogen-bond donors (Lipinski definition) is 0. The van der Waals surface area contributed by atoms with Crippen molar-refractivity contribution in [3.8, 4) is 33.5 Å². The molecule has 0 aliphatic heterocycles. The minimum Gasteiger partial charge on any atom is -0.256 e. The molecule has 3 heteroatoms. The molecule has 0 saturated heterocycles. The van der Waals surface area contributed by atoms with Gasteiger partial charge in [-0.3, -0.25) is 4.98 Å². The Morgan fingerprint density at radius 2 is 1.15 bits per heavy atom. The summed E-state index contributed by atoms with van der Waals surface area (Å²) in [6.45, 7) is 0. The lowest BCUT2D eigenvalue weighted by atomic mass is 9.89. The van der Waals surface area contributed by atoms with Gasteiger partial charge in [0.1, 0.15) is 11.6 Å². The van der Waals surface area contributed by atoms with Crippen LogP contribution in [0.3, 0.4) is 0 Å². The summed E-state index contributed by atoms with van der Waals surface area (Å²) in [7, 11) is 0. The summed E-state index contributed by atoms with van der Waals surface area (Å²) in [5, 5.41) is 0. The van der Waals surface area contributed by atoms with Gasteiger partial charge in [0.15, 0.2) is 0 Å². The summed E-state index contributed by atoms with van der Waals surface area (Å²) >= 11 is 0. The van der Waals surface area contributed by atoms with Crippen molar-refractivity contribution in [2.45, 2.75) is 0 Å². The Hall–Kier alpha value is -3.33. The second kappa shape index (κ2) is 6.89. The van der Waals surface area contributed by atoms with Crippen LogP contribution in [0, 0.1) is 11.6 Å². The normalized spacial score (nSPS) is 10.7. The van der Waals surface area contributed by atoms with Gasteiger partial charge in [-0.05, 0) is 58.7 Å². The predicted molar refractivity (Wildman–Crippen MR) is 100 cm³/mol. The fourth-order valence-electron chi connectivity index (χ4n) is 3.13. The first kappa shape index (κ1) is 16.2. The third-order valence-corrected chi connectivity index (χ3v) is 4.26. The number of rotatable bonds is 3. The SMILES string of the molecule is Fc1cccc(-c2cccc(-c3cccc(F)c3)c2-c2ccccn2)c1. The summed E-state index contributed by atoms with van der Waals surface area (Å²) in [5.74, 6) is -0.601. The van der Waals surface area contributed by atoms with Crippen molar-refractivity contribution in [2.24, 2.45) is 0 Å². The van der Waals surface area contributed by atoms with Crippen molar-refractivity contribution in [1.29, 1.82) is 0 Å². The first-order valence-corrected chi connectivity index (χ1v) is 8.29. The number of pyridine rings is 1. The summed E-state index contributed by atoms with van der Waals surface area (Å²) in [6.07, 6.45) is 1.72. The van der Waals surface area contributed by atoms with E-state index < -0.39 is 0 Å². The van der Waals surface area contributed by atoms with Gasteiger partial charge in [0.25, 0.3) is 0 Å². The molecule has 126 valence electrons. The molecule has 0 bridgehead atoms. The lowest BCUT2D eigenvalue weighted by Gasteiger charge is -2.15. The standard InChI is InChI=1S/C23H15F2N/c24-18-8-3-6-16(14-18)20-10-5-11-21(17-7-4-9-19(25)15-17)23(20)22-12-1-2-13-26-22/h1-15H. The summed E-state index contributed by atoms with van der Waals surface area (Å²) < 4.78 is 27.6. The van der Waals surface area contributed by atoms with Crippen molar-refractivity contribution in [1.82, 2.24) is 4.98 Å². The zero-order valence-corrected chi connectivity index (χ0v) is 13.9. The minimum atomic E-state index is -0.300. The molecule has 0 atom stereocenters. The lowest BCUT2D eigenvalue weighted by Crippen LogP contribution is -1.93. The van der Waals surface area contributed by atoms with Gasteiger partial charge in [-0.25, -0.2) is 8.78 Å². The topological polar surface area (TPSA) is 12.9 Å². The van der Waals surface area contributed by atoms with E-state index >= 15 is 0 Å². The first-order chi connectivity index (χ1) is 12.7. The molecule has 0 spiro atoms. The van der Waals surface area contributed by atoms with Crippen LogP contribution in [-0.4, -0.2) is 4.98 Å². The van der Waals surface area contributed by atoms with Crippen LogP contribution >= 0.6 is 0 Å². The molecule has 0 N–H and O–H groups in total. The number of hydrogen-bond acceptors (Lipinski definition) is 1. The number of benzene rings is 3. The van der Waals surface area contributed by atoms with Crippen LogP contribution in [0.1, 0.15) is 0 Å². The Kier molecular flexibility index (Phi) is 4.28. The van der Waals surface area contributed by atoms with Gasteiger partial charge >= 0.3 is 0 Å². The van der Waals surface area contributed by atoms with E-state index in [0.29, 0.717) is 0 Å². The van der Waals surface area contributed by atoms with Crippen LogP contribution in [-0.2, 0) is 0 Å². The van der Waals surface area contributed by atoms with Crippen LogP contribution in [0.4, 0.5) is 8.78 Å². The van der Waals surface area contributed by atoms with Gasteiger partial charge < -0.3 is 0 Å². The molecule has 1 aromatic heterocycles. The van der Waals surface area contributed by atoms with Crippen molar-refractivity contribution >= 4 is 0 Å². The molecular formula is C23H15F2N. The Bertz CT molecular complexity index is 995. The largest absolute Gasteiger partial charge is 0.256 e. The van der Waals surface area contributed by atoms with E-state index in [1.54, 1.807) is 18.3 Å². The molecule has 0 aliphatic rings. The zero-order valence-electron chi connectivity index (χ0n) is 13.9. The molecule has 1 heterocycles. The van der Waals surface area contributed by atoms with Gasteiger partial charge in [-0.1, -0.05) is 48.5 Å². The van der Waals surface area contributed by atoms with E-state index in [2.05, 4.69) is 4.98 Å². The van der Waals surface area contributed by atoms with Crippen molar-refractivity contribution in [3.63, 3.8) is 0 Å². The second-order valence-electron chi connectivity index (χ2n) is 5.96. The minimum absolute atomic E-state index is 0.300. The highest BCUT2D eigenvalue weighted by Crippen LogP contribution is 2.39. The van der Waals surface area contributed by atoms with E-state index in [4.69, 9.17) is 0 Å². The average Bonchev–Trinajstić information content (AvgIpc) is 2.68. The fraction of sp³-hybridized carbons (Fsp3) is 0. The van der Waals surface area contributed by atoms with Crippen LogP contribution in [0.15, 0.2) is 91.1 Å². The summed E-state index contributed by atoms with van der Waals surface area (Å²) in [4.78, 5) is 4.48. The van der Waals surface area contributed by atoms with Crippen molar-refractivity contribution in [2.75, 3.05) is 0 Å². The molecule has 0 amide bonds. The smallest absolute Gasteiger partial charge is 0.123 e. The van der Waals surface area contributed by atoms with E-state index in [1.807, 2.05) is 48.5 Å². The van der Waals surface area contributed by atoms with Gasteiger partial charge in [-0.2, -0.15) is 0 Å². The summed E-state index contributed by atoms with van der Waals surface area (Å²) in [5.41, 5.74) is 4.82. The molecule has 4 aromatic rings. The molecule has 26 heavy (non-hydrogen) atoms. The van der Waals surface area contributed by atoms with Gasteiger partial charge in [0, 0.05) is 11.8 Å². The highest BCUT2D eigenvalue weighted by Gasteiger charge is 2.15. The van der Waals surface area contributed by atoms with Crippen molar-refractivity contribution in [3.05, 3.63) is 103 Å². The summed E-state index contributed by atoms with van der Waals surface area (Å²) in [6, 6.07) is 24.3. The molecule has 0 fully saturated rings. The number of aromatic nitrogens is 1. The molecule has 0 unspecified atom stereocenters. The number of halogens is 2. The molecule has 0 radical (unpaired) electrons. The Morgan fingerprint density at radius 1 is 0.577 bits per heavy atom. The van der Waals surface area contributed by atoms with E-state index in [9.17, 15) is 8.78 Å². The third kappa shape index (κ3) is 3.11. The Morgan fingerprint density at radius 3 is 1.65 bits per heavy atom. The van der Waals surface area contributed by atoms with Crippen molar-refractivity contribution < 1.29 is 8.78 Å². The Labute approximate surface area is 150 Å². The van der Waals surface area contributed by atoms with Crippen LogP contribution in [0.2, 0.25) is 0 Å². The third-order valence-electron chi connectivity index (χ3n) is 4.26. The Balaban J connectivity index is 2.03. The first-order valence-electron chi connectivity index (χ1n) is 8.29. The maximum atomic E-state index is 13.8. The van der Waals surface area contributed by atoms with Crippen LogP contribution in [0.25, 0.3) is 33.5 Å². The molecule has 0 saturated carbocycles. The average molecular weight is 343 g/mol. The monoisotopic (exact) mass is 343 g/mol. The van der Waals surface area contributed by atoms with Gasteiger partial charge in [0.2, 0.25) is 0 Å². The van der Waals surface area contributed by atoms with E-state index in [-0.39, 0.29) is 11.6 Å². The fourth-order valence-corrected chi connectivity index (χ4v) is 3.13. The molecule has 0 aliphatic carbocycles. The predicted octanol–water partition coefficient (Wildman–Crippen LogP) is 6.36. The van der Waals surface area contributed by atoms with Gasteiger partial charge in [-0.15, -0.1) is 0 Å². The lowest BCUT2D eigenvalue weighted by molar-refractivity contribution is 0.628. The molecule has 4 rings (SSSR count). The molecule has 3 aromatic carbocycles. The van der Waals surface area contributed by atoms with E-state index in [1.165, 1.54) is 24.3 Å². The van der Waals surface area contributed by atoms with Gasteiger partial charge in [0.05, 0.1) is 5.69 Å². The molecular weight excluding hydrogens is 328 g/mol. The quantitative estimate of drug-likeness (QED) is 0.422. The number of nitrogens with zero attached hydrogens (tertiary/aromatic N) is 1. The molecule has 1 nitrogen and oxygen atoms in total. The highest BCUT2D eigenvalue weighted by molar-refractivity contribution is 5.93. The maximum absolute atomic E-state index is 13.8. The second-order valence-corrected chi connectivity index (χ2v) is 5.96. The zero-order chi connectivity index (χ0) is 17.9. The van der Waals surface area contributed by atoms with Crippen LogP contribution < -0.4 is 0 Å². The van der Waals surface area contributed by atoms with Crippen LogP contribution in [0.5, 0.6) is 0 Å².